The molecule has 1 aromatic rings. The van der Waals surface area contributed by atoms with Crippen LogP contribution < -0.4 is 5.32 Å². The molecule has 0 bridgehead atoms. The van der Waals surface area contributed by atoms with Gasteiger partial charge in [0.15, 0.2) is 0 Å². The van der Waals surface area contributed by atoms with Crippen molar-refractivity contribution in [3.8, 4) is 0 Å². The largest absolute Gasteiger partial charge is 0.338 e. The van der Waals surface area contributed by atoms with Crippen molar-refractivity contribution in [1.82, 2.24) is 20.0 Å². The number of likely N-dealkylation sites (tertiary alicyclic amines) is 1. The van der Waals surface area contributed by atoms with E-state index in [2.05, 4.69) is 36.1 Å². The van der Waals surface area contributed by atoms with Crippen LogP contribution in [0.5, 0.6) is 0 Å². The van der Waals surface area contributed by atoms with Gasteiger partial charge < -0.3 is 10.2 Å². The van der Waals surface area contributed by atoms with Gasteiger partial charge in [0.1, 0.15) is 0 Å². The SMILES string of the molecule is CC(C)n1ccc(CCNC(=O)N2[C@H](C)C[C@H]3CCCC[C@@H]32)n1. The van der Waals surface area contributed by atoms with Crippen molar-refractivity contribution in [2.75, 3.05) is 6.54 Å². The van der Waals surface area contributed by atoms with Crippen molar-refractivity contribution in [1.29, 1.82) is 0 Å². The van der Waals surface area contributed by atoms with E-state index in [0.717, 1.165) is 18.0 Å². The molecule has 0 spiro atoms. The lowest BCUT2D eigenvalue weighted by molar-refractivity contribution is 0.156. The molecule has 3 rings (SSSR count). The van der Waals surface area contributed by atoms with E-state index in [4.69, 9.17) is 0 Å². The summed E-state index contributed by atoms with van der Waals surface area (Å²) in [5.74, 6) is 0.728. The highest BCUT2D eigenvalue weighted by Gasteiger charge is 2.42. The first kappa shape index (κ1) is 16.3. The molecule has 0 unspecified atom stereocenters. The van der Waals surface area contributed by atoms with Gasteiger partial charge in [0.05, 0.1) is 5.69 Å². The lowest BCUT2D eigenvalue weighted by Gasteiger charge is -2.33. The zero-order valence-electron chi connectivity index (χ0n) is 14.7. The monoisotopic (exact) mass is 318 g/mol. The van der Waals surface area contributed by atoms with E-state index < -0.39 is 0 Å². The van der Waals surface area contributed by atoms with Crippen LogP contribution in [-0.2, 0) is 6.42 Å². The Bertz CT molecular complexity index is 539. The van der Waals surface area contributed by atoms with Crippen molar-refractivity contribution in [2.45, 2.75) is 77.4 Å². The molecule has 128 valence electrons. The molecule has 1 aliphatic heterocycles. The Hall–Kier alpha value is -1.52. The number of aromatic nitrogens is 2. The number of carbonyl (C=O) groups is 1. The first-order valence-corrected chi connectivity index (χ1v) is 9.16. The second kappa shape index (κ2) is 6.93. The fraction of sp³-hybridized carbons (Fsp3) is 0.778. The Labute approximate surface area is 139 Å². The number of nitrogens with zero attached hydrogens (tertiary/aromatic N) is 3. The predicted molar refractivity (Wildman–Crippen MR) is 91.4 cm³/mol. The van der Waals surface area contributed by atoms with Crippen molar-refractivity contribution in [3.05, 3.63) is 18.0 Å². The number of rotatable bonds is 4. The molecular formula is C18H30N4O. The summed E-state index contributed by atoms with van der Waals surface area (Å²) in [4.78, 5) is 14.7. The smallest absolute Gasteiger partial charge is 0.317 e. The van der Waals surface area contributed by atoms with Crippen LogP contribution in [-0.4, -0.2) is 39.3 Å². The normalized spacial score (nSPS) is 27.3. The predicted octanol–water partition coefficient (Wildman–Crippen LogP) is 3.37. The van der Waals surface area contributed by atoms with Gasteiger partial charge >= 0.3 is 6.03 Å². The lowest BCUT2D eigenvalue weighted by atomic mass is 9.85. The topological polar surface area (TPSA) is 50.2 Å². The highest BCUT2D eigenvalue weighted by Crippen LogP contribution is 2.39. The molecule has 2 aliphatic rings. The number of carbonyl (C=O) groups excluding carboxylic acids is 1. The minimum absolute atomic E-state index is 0.121. The van der Waals surface area contributed by atoms with Crippen LogP contribution in [0.15, 0.2) is 12.3 Å². The van der Waals surface area contributed by atoms with Gasteiger partial charge in [0, 0.05) is 37.3 Å². The van der Waals surface area contributed by atoms with E-state index in [9.17, 15) is 4.79 Å². The second-order valence-electron chi connectivity index (χ2n) is 7.47. The number of fused-ring (bicyclic) bond motifs is 1. The van der Waals surface area contributed by atoms with E-state index in [1.165, 1.54) is 32.1 Å². The van der Waals surface area contributed by atoms with Gasteiger partial charge in [0.2, 0.25) is 0 Å². The maximum atomic E-state index is 12.6. The molecule has 1 saturated carbocycles. The van der Waals surface area contributed by atoms with Crippen LogP contribution in [0, 0.1) is 5.92 Å². The highest BCUT2D eigenvalue weighted by atomic mass is 16.2. The lowest BCUT2D eigenvalue weighted by Crippen LogP contribution is -2.48. The summed E-state index contributed by atoms with van der Waals surface area (Å²) in [6.07, 6.45) is 9.06. The van der Waals surface area contributed by atoms with E-state index in [-0.39, 0.29) is 6.03 Å². The number of amides is 2. The van der Waals surface area contributed by atoms with Crippen LogP contribution in [0.4, 0.5) is 4.79 Å². The summed E-state index contributed by atoms with van der Waals surface area (Å²) < 4.78 is 1.96. The van der Waals surface area contributed by atoms with Crippen LogP contribution in [0.2, 0.25) is 0 Å². The number of urea groups is 1. The average molecular weight is 318 g/mol. The summed E-state index contributed by atoms with van der Waals surface area (Å²) in [7, 11) is 0. The van der Waals surface area contributed by atoms with Gasteiger partial charge in [-0.05, 0) is 52.0 Å². The molecule has 1 N–H and O–H groups in total. The third-order valence-electron chi connectivity index (χ3n) is 5.43. The summed E-state index contributed by atoms with van der Waals surface area (Å²) in [5, 5.41) is 7.65. The molecule has 1 saturated heterocycles. The summed E-state index contributed by atoms with van der Waals surface area (Å²) >= 11 is 0. The third-order valence-corrected chi connectivity index (χ3v) is 5.43. The number of hydrogen-bond acceptors (Lipinski definition) is 2. The van der Waals surface area contributed by atoms with Crippen LogP contribution in [0.25, 0.3) is 0 Å². The maximum Gasteiger partial charge on any atom is 0.317 e. The summed E-state index contributed by atoms with van der Waals surface area (Å²) in [6.45, 7) is 7.10. The molecule has 1 aromatic heterocycles. The maximum absolute atomic E-state index is 12.6. The quantitative estimate of drug-likeness (QED) is 0.925. The van der Waals surface area contributed by atoms with Crippen molar-refractivity contribution in [2.24, 2.45) is 5.92 Å². The van der Waals surface area contributed by atoms with Crippen molar-refractivity contribution < 1.29 is 4.79 Å². The van der Waals surface area contributed by atoms with Gasteiger partial charge in [0.25, 0.3) is 0 Å². The zero-order chi connectivity index (χ0) is 16.4. The minimum Gasteiger partial charge on any atom is -0.338 e. The number of nitrogens with one attached hydrogen (secondary N) is 1. The molecular weight excluding hydrogens is 288 g/mol. The van der Waals surface area contributed by atoms with Crippen LogP contribution >= 0.6 is 0 Å². The molecule has 1 aliphatic carbocycles. The first-order valence-electron chi connectivity index (χ1n) is 9.16. The molecule has 0 aromatic carbocycles. The van der Waals surface area contributed by atoms with Crippen LogP contribution in [0.1, 0.15) is 64.6 Å². The summed E-state index contributed by atoms with van der Waals surface area (Å²) in [5.41, 5.74) is 1.05. The Morgan fingerprint density at radius 2 is 2.17 bits per heavy atom. The van der Waals surface area contributed by atoms with Gasteiger partial charge in [-0.1, -0.05) is 12.8 Å². The molecule has 5 nitrogen and oxygen atoms in total. The third kappa shape index (κ3) is 3.54. The molecule has 5 heteroatoms. The zero-order valence-corrected chi connectivity index (χ0v) is 14.7. The fourth-order valence-corrected chi connectivity index (χ4v) is 4.25. The first-order chi connectivity index (χ1) is 11.1. The summed E-state index contributed by atoms with van der Waals surface area (Å²) in [6, 6.07) is 3.39. The Morgan fingerprint density at radius 3 is 2.91 bits per heavy atom. The minimum atomic E-state index is 0.121. The van der Waals surface area contributed by atoms with Crippen LogP contribution in [0.3, 0.4) is 0 Å². The van der Waals surface area contributed by atoms with Gasteiger partial charge in [-0.3, -0.25) is 4.68 Å². The highest BCUT2D eigenvalue weighted by molar-refractivity contribution is 5.75. The van der Waals surface area contributed by atoms with Gasteiger partial charge in [-0.2, -0.15) is 5.10 Å². The molecule has 2 amide bonds. The molecule has 23 heavy (non-hydrogen) atoms. The van der Waals surface area contributed by atoms with E-state index in [1.807, 2.05) is 16.9 Å². The van der Waals surface area contributed by atoms with E-state index >= 15 is 0 Å². The van der Waals surface area contributed by atoms with Crippen molar-refractivity contribution >= 4 is 6.03 Å². The fourth-order valence-electron chi connectivity index (χ4n) is 4.25. The molecule has 2 fully saturated rings. The molecule has 2 heterocycles. The standard InChI is InChI=1S/C18H30N4O/c1-13(2)21-11-9-16(20-21)8-10-19-18(23)22-14(3)12-15-6-4-5-7-17(15)22/h9,11,13-15,17H,4-8,10,12H2,1-3H3,(H,19,23)/t14-,15-,17+/m1/s1. The van der Waals surface area contributed by atoms with Gasteiger partial charge in [-0.25, -0.2) is 4.79 Å². The molecule has 3 atom stereocenters. The number of hydrogen-bond donors (Lipinski definition) is 1. The average Bonchev–Trinajstić information content (AvgIpc) is 3.10. The van der Waals surface area contributed by atoms with E-state index in [1.54, 1.807) is 0 Å². The van der Waals surface area contributed by atoms with Gasteiger partial charge in [-0.15, -0.1) is 0 Å². The van der Waals surface area contributed by atoms with E-state index in [0.29, 0.717) is 24.7 Å². The second-order valence-corrected chi connectivity index (χ2v) is 7.47. The van der Waals surface area contributed by atoms with Crippen molar-refractivity contribution in [3.63, 3.8) is 0 Å². The molecule has 0 radical (unpaired) electrons. The Balaban J connectivity index is 1.50. The Morgan fingerprint density at radius 1 is 1.39 bits per heavy atom. The Kier molecular flexibility index (Phi) is 4.93.